The molecular weight excluding hydrogens is 288 g/mol. The summed E-state index contributed by atoms with van der Waals surface area (Å²) in [5.74, 6) is 0. The van der Waals surface area contributed by atoms with Gasteiger partial charge in [-0.15, -0.1) is 0 Å². The van der Waals surface area contributed by atoms with Crippen molar-refractivity contribution in [3.05, 3.63) is 56.7 Å². The third-order valence-corrected chi connectivity index (χ3v) is 4.18. The molecule has 3 aromatic rings. The molecule has 7 heteroatoms. The number of anilines is 1. The molecule has 0 saturated carbocycles. The van der Waals surface area contributed by atoms with Crippen molar-refractivity contribution in [1.82, 2.24) is 13.5 Å². The van der Waals surface area contributed by atoms with E-state index in [1.165, 1.54) is 23.1 Å². The second-order valence-electron chi connectivity index (χ2n) is 4.76. The van der Waals surface area contributed by atoms with Gasteiger partial charge in [-0.25, -0.2) is 4.79 Å². The van der Waals surface area contributed by atoms with Crippen molar-refractivity contribution in [3.63, 3.8) is 0 Å². The van der Waals surface area contributed by atoms with Gasteiger partial charge in [0.05, 0.1) is 0 Å². The van der Waals surface area contributed by atoms with Crippen LogP contribution >= 0.6 is 11.5 Å². The number of rotatable bonds is 3. The number of benzene rings is 1. The number of aromatic nitrogens is 3. The van der Waals surface area contributed by atoms with Crippen molar-refractivity contribution in [2.75, 3.05) is 5.32 Å². The Morgan fingerprint density at radius 3 is 2.57 bits per heavy atom. The molecule has 0 fully saturated rings. The monoisotopic (exact) mass is 302 g/mol. The number of nitrogens with zero attached hydrogens (tertiary/aromatic N) is 3. The van der Waals surface area contributed by atoms with E-state index >= 15 is 0 Å². The van der Waals surface area contributed by atoms with Gasteiger partial charge in [-0.2, -0.15) is 4.37 Å². The van der Waals surface area contributed by atoms with E-state index in [-0.39, 0.29) is 11.2 Å². The van der Waals surface area contributed by atoms with Crippen molar-refractivity contribution in [2.24, 2.45) is 14.1 Å². The SMILES string of the molecule is Cn1c(=O)c2c(NCc3ccccc3)snc2n(C)c1=O. The highest BCUT2D eigenvalue weighted by Crippen LogP contribution is 2.24. The van der Waals surface area contributed by atoms with Crippen LogP contribution in [0.25, 0.3) is 11.0 Å². The Morgan fingerprint density at radius 2 is 1.86 bits per heavy atom. The molecule has 0 amide bonds. The highest BCUT2D eigenvalue weighted by molar-refractivity contribution is 7.11. The van der Waals surface area contributed by atoms with E-state index in [1.807, 2.05) is 30.3 Å². The van der Waals surface area contributed by atoms with Crippen molar-refractivity contribution in [2.45, 2.75) is 6.54 Å². The summed E-state index contributed by atoms with van der Waals surface area (Å²) < 4.78 is 6.71. The van der Waals surface area contributed by atoms with Crippen LogP contribution in [0.15, 0.2) is 39.9 Å². The van der Waals surface area contributed by atoms with Gasteiger partial charge in [0.1, 0.15) is 10.4 Å². The van der Waals surface area contributed by atoms with Gasteiger partial charge < -0.3 is 5.32 Å². The number of aryl methyl sites for hydroxylation is 1. The predicted molar refractivity (Wildman–Crippen MR) is 83.9 cm³/mol. The normalized spacial score (nSPS) is 11.0. The van der Waals surface area contributed by atoms with Gasteiger partial charge in [-0.1, -0.05) is 30.3 Å². The average molecular weight is 302 g/mol. The molecule has 108 valence electrons. The first kappa shape index (κ1) is 13.6. The molecule has 21 heavy (non-hydrogen) atoms. The summed E-state index contributed by atoms with van der Waals surface area (Å²) in [6.07, 6.45) is 0. The van der Waals surface area contributed by atoms with E-state index in [1.54, 1.807) is 7.05 Å². The van der Waals surface area contributed by atoms with Gasteiger partial charge in [0.25, 0.3) is 5.56 Å². The lowest BCUT2D eigenvalue weighted by molar-refractivity contribution is 0.710. The van der Waals surface area contributed by atoms with Crippen LogP contribution in [0.1, 0.15) is 5.56 Å². The van der Waals surface area contributed by atoms with E-state index in [0.717, 1.165) is 10.1 Å². The van der Waals surface area contributed by atoms with Crippen molar-refractivity contribution < 1.29 is 0 Å². The Hall–Kier alpha value is -2.41. The largest absolute Gasteiger partial charge is 0.371 e. The summed E-state index contributed by atoms with van der Waals surface area (Å²) in [7, 11) is 3.09. The lowest BCUT2D eigenvalue weighted by Crippen LogP contribution is -2.36. The van der Waals surface area contributed by atoms with E-state index in [2.05, 4.69) is 9.69 Å². The highest BCUT2D eigenvalue weighted by atomic mass is 32.1. The molecule has 0 bridgehead atoms. The first-order chi connectivity index (χ1) is 10.1. The van der Waals surface area contributed by atoms with E-state index in [4.69, 9.17) is 0 Å². The molecule has 0 atom stereocenters. The Labute approximate surface area is 124 Å². The van der Waals surface area contributed by atoms with Gasteiger partial charge in [0.15, 0.2) is 5.65 Å². The second-order valence-corrected chi connectivity index (χ2v) is 5.53. The molecule has 0 aliphatic carbocycles. The van der Waals surface area contributed by atoms with Crippen molar-refractivity contribution in [1.29, 1.82) is 0 Å². The van der Waals surface area contributed by atoms with E-state index in [9.17, 15) is 9.59 Å². The van der Waals surface area contributed by atoms with Gasteiger partial charge in [-0.3, -0.25) is 13.9 Å². The summed E-state index contributed by atoms with van der Waals surface area (Å²) in [6, 6.07) is 9.89. The van der Waals surface area contributed by atoms with Crippen LogP contribution < -0.4 is 16.6 Å². The minimum absolute atomic E-state index is 0.322. The predicted octanol–water partition coefficient (Wildman–Crippen LogP) is 1.31. The second kappa shape index (κ2) is 5.17. The summed E-state index contributed by atoms with van der Waals surface area (Å²) >= 11 is 1.19. The maximum absolute atomic E-state index is 12.3. The van der Waals surface area contributed by atoms with E-state index in [0.29, 0.717) is 22.6 Å². The first-order valence-electron chi connectivity index (χ1n) is 6.43. The molecule has 0 spiro atoms. The topological polar surface area (TPSA) is 68.9 Å². The van der Waals surface area contributed by atoms with Crippen LogP contribution in [0, 0.1) is 0 Å². The van der Waals surface area contributed by atoms with Crippen LogP contribution in [-0.2, 0) is 20.6 Å². The number of fused-ring (bicyclic) bond motifs is 1. The molecular formula is C14H14N4O2S. The lowest BCUT2D eigenvalue weighted by Gasteiger charge is -2.05. The Balaban J connectivity index is 2.05. The summed E-state index contributed by atoms with van der Waals surface area (Å²) in [4.78, 5) is 24.1. The zero-order valence-corrected chi connectivity index (χ0v) is 12.5. The number of nitrogens with one attached hydrogen (secondary N) is 1. The maximum atomic E-state index is 12.3. The van der Waals surface area contributed by atoms with Gasteiger partial charge in [-0.05, 0) is 17.1 Å². The van der Waals surface area contributed by atoms with Crippen molar-refractivity contribution >= 4 is 27.6 Å². The van der Waals surface area contributed by atoms with Gasteiger partial charge >= 0.3 is 5.69 Å². The molecule has 0 aliphatic rings. The maximum Gasteiger partial charge on any atom is 0.332 e. The molecule has 0 saturated heterocycles. The minimum atomic E-state index is -0.368. The van der Waals surface area contributed by atoms with Gasteiger partial charge in [0.2, 0.25) is 0 Å². The van der Waals surface area contributed by atoms with Crippen LogP contribution in [0.3, 0.4) is 0 Å². The van der Waals surface area contributed by atoms with Crippen LogP contribution in [0.4, 0.5) is 5.00 Å². The molecule has 0 unspecified atom stereocenters. The fourth-order valence-corrected chi connectivity index (χ4v) is 2.97. The molecule has 2 aromatic heterocycles. The third-order valence-electron chi connectivity index (χ3n) is 3.38. The quantitative estimate of drug-likeness (QED) is 0.792. The third kappa shape index (κ3) is 2.25. The zero-order valence-electron chi connectivity index (χ0n) is 11.7. The number of hydrogen-bond donors (Lipinski definition) is 1. The molecule has 0 radical (unpaired) electrons. The zero-order chi connectivity index (χ0) is 15.0. The molecule has 0 aliphatic heterocycles. The van der Waals surface area contributed by atoms with Crippen LogP contribution in [0.2, 0.25) is 0 Å². The fraction of sp³-hybridized carbons (Fsp3) is 0.214. The molecule has 3 rings (SSSR count). The Kier molecular flexibility index (Phi) is 3.34. The molecule has 6 nitrogen and oxygen atoms in total. The minimum Gasteiger partial charge on any atom is -0.371 e. The number of hydrogen-bond acceptors (Lipinski definition) is 5. The average Bonchev–Trinajstić information content (AvgIpc) is 2.94. The summed E-state index contributed by atoms with van der Waals surface area (Å²) in [5, 5.41) is 4.37. The van der Waals surface area contributed by atoms with Crippen molar-refractivity contribution in [3.8, 4) is 0 Å². The first-order valence-corrected chi connectivity index (χ1v) is 7.20. The fourth-order valence-electron chi connectivity index (χ4n) is 2.17. The van der Waals surface area contributed by atoms with Crippen LogP contribution in [0.5, 0.6) is 0 Å². The molecule has 1 aromatic carbocycles. The molecule has 1 N–H and O–H groups in total. The summed E-state index contributed by atoms with van der Waals surface area (Å²) in [5.41, 5.74) is 0.842. The summed E-state index contributed by atoms with van der Waals surface area (Å²) in [6.45, 7) is 0.601. The molecule has 2 heterocycles. The van der Waals surface area contributed by atoms with Gasteiger partial charge in [0, 0.05) is 20.6 Å². The Bertz CT molecular complexity index is 908. The van der Waals surface area contributed by atoms with E-state index < -0.39 is 0 Å². The van der Waals surface area contributed by atoms with Crippen LogP contribution in [-0.4, -0.2) is 13.5 Å². The Morgan fingerprint density at radius 1 is 1.14 bits per heavy atom. The lowest BCUT2D eigenvalue weighted by atomic mass is 10.2. The highest BCUT2D eigenvalue weighted by Gasteiger charge is 2.15. The standard InChI is InChI=1S/C14H14N4O2S/c1-17-11-10(13(19)18(2)14(17)20)12(21-16-11)15-8-9-6-4-3-5-7-9/h3-7,15H,8H2,1-2H3. The smallest absolute Gasteiger partial charge is 0.332 e.